The summed E-state index contributed by atoms with van der Waals surface area (Å²) in [5, 5.41) is 15.1. The zero-order chi connectivity index (χ0) is 44.6. The van der Waals surface area contributed by atoms with Gasteiger partial charge in [0.05, 0.1) is 22.8 Å². The summed E-state index contributed by atoms with van der Waals surface area (Å²) < 4.78 is 10.2. The average molecular weight is 922 g/mol. The van der Waals surface area contributed by atoms with Gasteiger partial charge in [-0.2, -0.15) is 0 Å². The van der Waals surface area contributed by atoms with Crippen LogP contribution in [0.3, 0.4) is 0 Å². The van der Waals surface area contributed by atoms with E-state index in [-0.39, 0.29) is 12.0 Å². The maximum Gasteiger partial charge on any atom is 0.156 e. The molecular weight excluding hydrogens is 883 g/mol. The highest BCUT2D eigenvalue weighted by atomic mass is 32.1. The normalized spacial score (nSPS) is 15.7. The van der Waals surface area contributed by atoms with Crippen molar-refractivity contribution in [3.63, 3.8) is 0 Å². The first-order valence-electron chi connectivity index (χ1n) is 23.4. The number of benzene rings is 10. The molecule has 10 aromatic carbocycles. The fourth-order valence-corrected chi connectivity index (χ4v) is 15.0. The highest BCUT2D eigenvalue weighted by Gasteiger charge is 2.33. The predicted octanol–water partition coefficient (Wildman–Crippen LogP) is 18.2. The van der Waals surface area contributed by atoms with E-state index < -0.39 is 0 Å². The number of amidine groups is 1. The van der Waals surface area contributed by atoms with Crippen LogP contribution in [-0.2, 0) is 0 Å². The van der Waals surface area contributed by atoms with Gasteiger partial charge in [0, 0.05) is 88.5 Å². The van der Waals surface area contributed by atoms with E-state index in [0.717, 1.165) is 29.2 Å². The number of fused-ring (bicyclic) bond motifs is 15. The smallest absolute Gasteiger partial charge is 0.156 e. The van der Waals surface area contributed by atoms with Crippen LogP contribution in [0.25, 0.3) is 110 Å². The van der Waals surface area contributed by atoms with Gasteiger partial charge in [-0.1, -0.05) is 146 Å². The predicted molar refractivity (Wildman–Crippen MR) is 297 cm³/mol. The third-order valence-electron chi connectivity index (χ3n) is 14.6. The van der Waals surface area contributed by atoms with Crippen molar-refractivity contribution in [3.05, 3.63) is 211 Å². The van der Waals surface area contributed by atoms with Crippen LogP contribution in [0.5, 0.6) is 0 Å². The van der Waals surface area contributed by atoms with E-state index in [9.17, 15) is 0 Å². The Kier molecular flexibility index (Phi) is 8.38. The Bertz CT molecular complexity index is 4520. The molecule has 15 rings (SSSR count). The van der Waals surface area contributed by atoms with Crippen LogP contribution in [0.2, 0.25) is 0 Å². The van der Waals surface area contributed by atoms with Gasteiger partial charge >= 0.3 is 0 Å². The van der Waals surface area contributed by atoms with Crippen LogP contribution >= 0.6 is 34.0 Å². The molecule has 0 N–H and O–H groups in total. The second kappa shape index (κ2) is 14.8. The van der Waals surface area contributed by atoms with Crippen molar-refractivity contribution in [1.82, 2.24) is 4.57 Å². The fraction of sp³-hybridized carbons (Fsp3) is 0.0645. The van der Waals surface area contributed by atoms with Crippen LogP contribution in [-0.4, -0.2) is 16.1 Å². The highest BCUT2D eigenvalue weighted by Crippen LogP contribution is 2.46. The molecule has 0 saturated heterocycles. The molecule has 14 aromatic rings. The lowest BCUT2D eigenvalue weighted by atomic mass is 9.82. The number of nitrogens with zero attached hydrogens (tertiary/aromatic N) is 3. The molecule has 0 radical (unpaired) electrons. The van der Waals surface area contributed by atoms with Crippen molar-refractivity contribution >= 4 is 149 Å². The van der Waals surface area contributed by atoms with Gasteiger partial charge < -0.3 is 4.57 Å². The molecule has 0 bridgehead atoms. The summed E-state index contributed by atoms with van der Waals surface area (Å²) >= 11 is 5.63. The Hall–Kier alpha value is -7.48. The minimum atomic E-state index is -0.153. The van der Waals surface area contributed by atoms with Crippen LogP contribution in [0.4, 0.5) is 0 Å². The van der Waals surface area contributed by atoms with E-state index in [4.69, 9.17) is 9.98 Å². The summed E-state index contributed by atoms with van der Waals surface area (Å²) in [7, 11) is 0. The molecule has 1 aliphatic heterocycles. The van der Waals surface area contributed by atoms with Gasteiger partial charge in [0.2, 0.25) is 0 Å². The summed E-state index contributed by atoms with van der Waals surface area (Å²) in [6, 6.07) is 72.1. The molecule has 68 heavy (non-hydrogen) atoms. The SMILES string of the molecule is CCC1C(c2ccc3c(c2)sc2ccccc23)=NC(c2cc(-n3c4ccccc4c4cc5ccccc5cc43)cc3sc4c5ccccc5ccc4c23)=NC1c1ccc2c(c1)sc1ccccc12. The van der Waals surface area contributed by atoms with Gasteiger partial charge in [-0.05, 0) is 93.7 Å². The van der Waals surface area contributed by atoms with Crippen molar-refractivity contribution < 1.29 is 0 Å². The second-order valence-electron chi connectivity index (χ2n) is 18.3. The van der Waals surface area contributed by atoms with Gasteiger partial charge in [-0.15, -0.1) is 34.0 Å². The molecule has 0 spiro atoms. The quantitative estimate of drug-likeness (QED) is 0.165. The number of hydrogen-bond donors (Lipinski definition) is 0. The van der Waals surface area contributed by atoms with Gasteiger partial charge in [0.25, 0.3) is 0 Å². The van der Waals surface area contributed by atoms with Crippen molar-refractivity contribution in [1.29, 1.82) is 0 Å². The molecule has 1 aliphatic rings. The number of rotatable bonds is 5. The lowest BCUT2D eigenvalue weighted by Crippen LogP contribution is -2.28. The Balaban J connectivity index is 1.03. The first-order valence-corrected chi connectivity index (χ1v) is 25.9. The van der Waals surface area contributed by atoms with E-state index >= 15 is 0 Å². The highest BCUT2D eigenvalue weighted by molar-refractivity contribution is 7.27. The van der Waals surface area contributed by atoms with Gasteiger partial charge in [-0.25, -0.2) is 4.99 Å². The number of aliphatic imine (C=N–C) groups is 2. The minimum absolute atomic E-state index is 0.0601. The number of thiophene rings is 3. The molecule has 0 saturated carbocycles. The molecule has 2 unspecified atom stereocenters. The lowest BCUT2D eigenvalue weighted by molar-refractivity contribution is 0.533. The Labute approximate surface area is 403 Å². The zero-order valence-corrected chi connectivity index (χ0v) is 39.4. The second-order valence-corrected chi connectivity index (χ2v) is 21.5. The molecule has 320 valence electrons. The van der Waals surface area contributed by atoms with E-state index in [0.29, 0.717) is 0 Å². The molecule has 5 heterocycles. The summed E-state index contributed by atoms with van der Waals surface area (Å²) in [4.78, 5) is 11.8. The third-order valence-corrected chi connectivity index (χ3v) is 18.0. The maximum absolute atomic E-state index is 5.93. The Morgan fingerprint density at radius 2 is 1.09 bits per heavy atom. The van der Waals surface area contributed by atoms with Gasteiger partial charge in [0.15, 0.2) is 5.84 Å². The van der Waals surface area contributed by atoms with Gasteiger partial charge in [-0.3, -0.25) is 4.99 Å². The molecule has 0 aliphatic carbocycles. The molecule has 2 atom stereocenters. The maximum atomic E-state index is 5.93. The van der Waals surface area contributed by atoms with Crippen LogP contribution < -0.4 is 0 Å². The average Bonchev–Trinajstić information content (AvgIpc) is 4.15. The van der Waals surface area contributed by atoms with Crippen molar-refractivity contribution in [3.8, 4) is 5.69 Å². The standard InChI is InChI=1S/C62H39N3S3/c1-2-41-59(38-24-26-46-44-18-8-11-21-53(44)66-55(46)31-38)63-62(64-60(41)39-25-27-47-45-19-9-12-22-54(45)67-56(47)32-39)50-33-40(34-57-58(50)48-28-23-35-13-5-6-16-42(35)61(48)68-57)65-51-20-10-7-17-43(51)49-29-36-14-3-4-15-37(36)30-52(49)65/h3-34,41,59H,2H2,1H3. The molecule has 4 aromatic heterocycles. The van der Waals surface area contributed by atoms with Crippen LogP contribution in [0, 0.1) is 5.92 Å². The molecular formula is C62H39N3S3. The summed E-state index contributed by atoms with van der Waals surface area (Å²) in [5.41, 5.74) is 8.04. The minimum Gasteiger partial charge on any atom is -0.309 e. The van der Waals surface area contributed by atoms with Crippen LogP contribution in [0.1, 0.15) is 36.1 Å². The summed E-state index contributed by atoms with van der Waals surface area (Å²) in [5.74, 6) is 0.846. The first-order chi connectivity index (χ1) is 33.6. The number of para-hydroxylation sites is 1. The summed E-state index contributed by atoms with van der Waals surface area (Å²) in [6.45, 7) is 2.31. The largest absolute Gasteiger partial charge is 0.309 e. The monoisotopic (exact) mass is 921 g/mol. The Morgan fingerprint density at radius 1 is 0.456 bits per heavy atom. The van der Waals surface area contributed by atoms with Crippen molar-refractivity contribution in [2.45, 2.75) is 19.4 Å². The summed E-state index contributed by atoms with van der Waals surface area (Å²) in [6.07, 6.45) is 0.896. The van der Waals surface area contributed by atoms with E-state index in [1.54, 1.807) is 0 Å². The van der Waals surface area contributed by atoms with E-state index in [1.165, 1.54) is 115 Å². The zero-order valence-electron chi connectivity index (χ0n) is 36.9. The van der Waals surface area contributed by atoms with Crippen molar-refractivity contribution in [2.24, 2.45) is 15.9 Å². The molecule has 3 nitrogen and oxygen atoms in total. The van der Waals surface area contributed by atoms with E-state index in [1.807, 2.05) is 34.0 Å². The molecule has 6 heteroatoms. The topological polar surface area (TPSA) is 29.6 Å². The van der Waals surface area contributed by atoms with Crippen molar-refractivity contribution in [2.75, 3.05) is 0 Å². The first kappa shape index (κ1) is 38.6. The molecule has 0 fully saturated rings. The number of aromatic nitrogens is 1. The molecule has 0 amide bonds. The fourth-order valence-electron chi connectivity index (χ4n) is 11.4. The van der Waals surface area contributed by atoms with Gasteiger partial charge in [0.1, 0.15) is 0 Å². The Morgan fingerprint density at radius 3 is 1.87 bits per heavy atom. The van der Waals surface area contributed by atoms with Crippen LogP contribution in [0.15, 0.2) is 204 Å². The lowest BCUT2D eigenvalue weighted by Gasteiger charge is -2.30. The number of hydrogen-bond acceptors (Lipinski definition) is 5. The third kappa shape index (κ3) is 5.69. The van der Waals surface area contributed by atoms with E-state index in [2.05, 4.69) is 206 Å².